The maximum absolute atomic E-state index is 12.5. The van der Waals surface area contributed by atoms with Crippen LogP contribution in [0, 0.1) is 6.92 Å². The highest BCUT2D eigenvalue weighted by molar-refractivity contribution is 5.91. The Kier molecular flexibility index (Phi) is 3.73. The summed E-state index contributed by atoms with van der Waals surface area (Å²) in [6.45, 7) is 1.59. The van der Waals surface area contributed by atoms with Gasteiger partial charge in [0, 0.05) is 5.69 Å². The largest absolute Gasteiger partial charge is 0.416 e. The molecule has 5 nitrogen and oxygen atoms in total. The molecule has 1 heterocycles. The summed E-state index contributed by atoms with van der Waals surface area (Å²) in [4.78, 5) is 15.5. The third-order valence-corrected chi connectivity index (χ3v) is 2.36. The molecule has 8 heteroatoms. The van der Waals surface area contributed by atoms with Gasteiger partial charge in [-0.05, 0) is 25.1 Å². The molecular weight excluding hydrogens is 275 g/mol. The van der Waals surface area contributed by atoms with Crippen molar-refractivity contribution >= 4 is 11.6 Å². The first kappa shape index (κ1) is 14.0. The Labute approximate surface area is 111 Å². The van der Waals surface area contributed by atoms with Gasteiger partial charge in [0.1, 0.15) is 6.42 Å². The Morgan fingerprint density at radius 2 is 2.15 bits per heavy atom. The van der Waals surface area contributed by atoms with Crippen molar-refractivity contribution in [3.8, 4) is 0 Å². The summed E-state index contributed by atoms with van der Waals surface area (Å²) >= 11 is 0. The maximum Gasteiger partial charge on any atom is 0.416 e. The number of nitrogens with one attached hydrogen (secondary N) is 1. The van der Waals surface area contributed by atoms with Crippen LogP contribution in [0.3, 0.4) is 0 Å². The van der Waals surface area contributed by atoms with Crippen LogP contribution in [-0.4, -0.2) is 16.0 Å². The van der Waals surface area contributed by atoms with Crippen LogP contribution in [-0.2, 0) is 17.4 Å². The number of aryl methyl sites for hydroxylation is 1. The van der Waals surface area contributed by atoms with Crippen LogP contribution < -0.4 is 5.32 Å². The van der Waals surface area contributed by atoms with E-state index in [0.29, 0.717) is 5.82 Å². The molecule has 1 aromatic carbocycles. The van der Waals surface area contributed by atoms with Gasteiger partial charge in [0.25, 0.3) is 0 Å². The van der Waals surface area contributed by atoms with Gasteiger partial charge in [-0.25, -0.2) is 0 Å². The zero-order valence-electron chi connectivity index (χ0n) is 10.4. The molecule has 1 aromatic heterocycles. The highest BCUT2D eigenvalue weighted by Gasteiger charge is 2.30. The van der Waals surface area contributed by atoms with Gasteiger partial charge in [-0.2, -0.15) is 18.2 Å². The van der Waals surface area contributed by atoms with E-state index in [9.17, 15) is 18.0 Å². The van der Waals surface area contributed by atoms with Gasteiger partial charge in [0.05, 0.1) is 5.56 Å². The molecule has 0 aliphatic heterocycles. The molecule has 2 aromatic rings. The summed E-state index contributed by atoms with van der Waals surface area (Å²) in [5.41, 5.74) is -0.773. The Bertz CT molecular complexity index is 622. The quantitative estimate of drug-likeness (QED) is 0.941. The molecular formula is C12H10F3N3O2. The first-order valence-corrected chi connectivity index (χ1v) is 5.61. The van der Waals surface area contributed by atoms with E-state index in [0.717, 1.165) is 12.1 Å². The number of anilines is 1. The fourth-order valence-corrected chi connectivity index (χ4v) is 1.53. The molecule has 0 bridgehead atoms. The molecule has 0 radical (unpaired) electrons. The molecule has 0 saturated carbocycles. The predicted molar refractivity (Wildman–Crippen MR) is 62.8 cm³/mol. The first-order valence-electron chi connectivity index (χ1n) is 5.61. The summed E-state index contributed by atoms with van der Waals surface area (Å²) in [5.74, 6) is -0.0492. The minimum absolute atomic E-state index is 0.0565. The SMILES string of the molecule is Cc1noc(CC(=O)Nc2cccc(C(F)(F)F)c2)n1. The molecule has 0 spiro atoms. The first-order chi connectivity index (χ1) is 9.34. The number of hydrogen-bond acceptors (Lipinski definition) is 4. The minimum Gasteiger partial charge on any atom is -0.339 e. The smallest absolute Gasteiger partial charge is 0.339 e. The zero-order valence-corrected chi connectivity index (χ0v) is 10.4. The number of carbonyl (C=O) groups excluding carboxylic acids is 1. The molecule has 2 rings (SSSR count). The number of carbonyl (C=O) groups is 1. The molecule has 0 aliphatic rings. The topological polar surface area (TPSA) is 68.0 Å². The summed E-state index contributed by atoms with van der Waals surface area (Å²) < 4.78 is 42.3. The predicted octanol–water partition coefficient (Wildman–Crippen LogP) is 2.58. The van der Waals surface area contributed by atoms with Crippen molar-refractivity contribution in [2.75, 3.05) is 5.32 Å². The van der Waals surface area contributed by atoms with Crippen LogP contribution in [0.25, 0.3) is 0 Å². The van der Waals surface area contributed by atoms with Gasteiger partial charge >= 0.3 is 6.18 Å². The lowest BCUT2D eigenvalue weighted by molar-refractivity contribution is -0.137. The van der Waals surface area contributed by atoms with Crippen molar-refractivity contribution in [2.24, 2.45) is 0 Å². The second kappa shape index (κ2) is 5.32. The second-order valence-corrected chi connectivity index (χ2v) is 4.04. The molecule has 1 amide bonds. The van der Waals surface area contributed by atoms with Crippen LogP contribution in [0.4, 0.5) is 18.9 Å². The Hall–Kier alpha value is -2.38. The highest BCUT2D eigenvalue weighted by Crippen LogP contribution is 2.30. The van der Waals surface area contributed by atoms with Crippen molar-refractivity contribution in [3.63, 3.8) is 0 Å². The monoisotopic (exact) mass is 285 g/mol. The van der Waals surface area contributed by atoms with Gasteiger partial charge in [-0.15, -0.1) is 0 Å². The molecule has 0 atom stereocenters. The third-order valence-electron chi connectivity index (χ3n) is 2.36. The van der Waals surface area contributed by atoms with E-state index in [1.807, 2.05) is 0 Å². The highest BCUT2D eigenvalue weighted by atomic mass is 19.4. The third kappa shape index (κ3) is 3.56. The molecule has 1 N–H and O–H groups in total. The van der Waals surface area contributed by atoms with E-state index in [4.69, 9.17) is 4.52 Å². The standard InChI is InChI=1S/C12H10F3N3O2/c1-7-16-11(20-18-7)6-10(19)17-9-4-2-3-8(5-9)12(13,14)15/h2-5H,6H2,1H3,(H,17,19). The zero-order chi connectivity index (χ0) is 14.8. The maximum atomic E-state index is 12.5. The van der Waals surface area contributed by atoms with Crippen LogP contribution >= 0.6 is 0 Å². The molecule has 106 valence electrons. The lowest BCUT2D eigenvalue weighted by atomic mass is 10.2. The summed E-state index contributed by atoms with van der Waals surface area (Å²) in [7, 11) is 0. The Morgan fingerprint density at radius 3 is 2.75 bits per heavy atom. The Morgan fingerprint density at radius 1 is 1.40 bits per heavy atom. The molecule has 0 unspecified atom stereocenters. The van der Waals surface area contributed by atoms with Crippen LogP contribution in [0.5, 0.6) is 0 Å². The number of benzene rings is 1. The van der Waals surface area contributed by atoms with Gasteiger partial charge < -0.3 is 9.84 Å². The van der Waals surface area contributed by atoms with Gasteiger partial charge in [0.2, 0.25) is 11.8 Å². The van der Waals surface area contributed by atoms with E-state index >= 15 is 0 Å². The average molecular weight is 285 g/mol. The van der Waals surface area contributed by atoms with Crippen molar-refractivity contribution in [3.05, 3.63) is 41.5 Å². The summed E-state index contributed by atoms with van der Waals surface area (Å²) in [5, 5.41) is 5.85. The molecule has 0 saturated heterocycles. The molecule has 20 heavy (non-hydrogen) atoms. The fourth-order valence-electron chi connectivity index (χ4n) is 1.53. The summed E-state index contributed by atoms with van der Waals surface area (Å²) in [6.07, 6.45) is -4.65. The fraction of sp³-hybridized carbons (Fsp3) is 0.250. The normalized spacial score (nSPS) is 11.4. The number of aromatic nitrogens is 2. The van der Waals surface area contributed by atoms with Crippen molar-refractivity contribution in [1.29, 1.82) is 0 Å². The number of alkyl halides is 3. The molecule has 0 aliphatic carbocycles. The lowest BCUT2D eigenvalue weighted by Crippen LogP contribution is -2.15. The average Bonchev–Trinajstić information content (AvgIpc) is 2.73. The van der Waals surface area contributed by atoms with Crippen molar-refractivity contribution in [1.82, 2.24) is 10.1 Å². The number of halogens is 3. The van der Waals surface area contributed by atoms with Gasteiger partial charge in [0.15, 0.2) is 5.82 Å². The van der Waals surface area contributed by atoms with Crippen molar-refractivity contribution < 1.29 is 22.5 Å². The number of amides is 1. The number of hydrogen-bond donors (Lipinski definition) is 1. The van der Waals surface area contributed by atoms with E-state index in [-0.39, 0.29) is 18.0 Å². The van der Waals surface area contributed by atoms with E-state index < -0.39 is 17.6 Å². The lowest BCUT2D eigenvalue weighted by Gasteiger charge is -2.09. The number of nitrogens with zero attached hydrogens (tertiary/aromatic N) is 2. The van der Waals surface area contributed by atoms with E-state index in [1.54, 1.807) is 6.92 Å². The summed E-state index contributed by atoms with van der Waals surface area (Å²) in [6, 6.07) is 4.37. The van der Waals surface area contributed by atoms with E-state index in [1.165, 1.54) is 12.1 Å². The van der Waals surface area contributed by atoms with Gasteiger partial charge in [-0.1, -0.05) is 11.2 Å². The van der Waals surface area contributed by atoms with Gasteiger partial charge in [-0.3, -0.25) is 4.79 Å². The van der Waals surface area contributed by atoms with Crippen LogP contribution in [0.2, 0.25) is 0 Å². The van der Waals surface area contributed by atoms with Crippen molar-refractivity contribution in [2.45, 2.75) is 19.5 Å². The van der Waals surface area contributed by atoms with Crippen LogP contribution in [0.1, 0.15) is 17.3 Å². The Balaban J connectivity index is 2.04. The molecule has 0 fully saturated rings. The van der Waals surface area contributed by atoms with Crippen LogP contribution in [0.15, 0.2) is 28.8 Å². The number of rotatable bonds is 3. The second-order valence-electron chi connectivity index (χ2n) is 4.04. The minimum atomic E-state index is -4.45. The van der Waals surface area contributed by atoms with E-state index in [2.05, 4.69) is 15.5 Å².